The molecular formula is C13H15N7S. The van der Waals surface area contributed by atoms with Crippen LogP contribution in [-0.4, -0.2) is 38.8 Å². The Balaban J connectivity index is 1.92. The fourth-order valence-corrected chi connectivity index (χ4v) is 2.51. The van der Waals surface area contributed by atoms with Crippen LogP contribution in [0.1, 0.15) is 5.56 Å². The molecule has 108 valence electrons. The van der Waals surface area contributed by atoms with Gasteiger partial charge in [-0.05, 0) is 28.5 Å². The monoisotopic (exact) mass is 301 g/mol. The van der Waals surface area contributed by atoms with Gasteiger partial charge in [0.15, 0.2) is 0 Å². The fraction of sp³-hybridized carbons (Fsp3) is 0.231. The number of thiophene rings is 1. The van der Waals surface area contributed by atoms with E-state index < -0.39 is 0 Å². The molecular weight excluding hydrogens is 286 g/mol. The molecule has 7 nitrogen and oxygen atoms in total. The van der Waals surface area contributed by atoms with Crippen molar-refractivity contribution in [1.29, 1.82) is 0 Å². The van der Waals surface area contributed by atoms with Gasteiger partial charge in [-0.15, -0.1) is 0 Å². The fourth-order valence-electron chi connectivity index (χ4n) is 1.85. The van der Waals surface area contributed by atoms with Gasteiger partial charge in [-0.3, -0.25) is 0 Å². The summed E-state index contributed by atoms with van der Waals surface area (Å²) in [6.45, 7) is 0.745. The molecule has 0 spiro atoms. The molecule has 3 rings (SSSR count). The lowest BCUT2D eigenvalue weighted by atomic mass is 10.3. The summed E-state index contributed by atoms with van der Waals surface area (Å²) >= 11 is 1.68. The Hall–Kier alpha value is -2.48. The summed E-state index contributed by atoms with van der Waals surface area (Å²) in [5.74, 6) is 1.61. The van der Waals surface area contributed by atoms with Crippen LogP contribution >= 0.6 is 11.3 Å². The number of hydrogen-bond donors (Lipinski definition) is 1. The van der Waals surface area contributed by atoms with Gasteiger partial charge in [-0.1, -0.05) is 0 Å². The Kier molecular flexibility index (Phi) is 3.78. The minimum Gasteiger partial charge on any atom is -0.357 e. The third-order valence-corrected chi connectivity index (χ3v) is 3.62. The molecule has 3 heterocycles. The van der Waals surface area contributed by atoms with Gasteiger partial charge in [0.25, 0.3) is 5.95 Å². The molecule has 0 saturated carbocycles. The number of nitrogens with one attached hydrogen (secondary N) is 1. The maximum absolute atomic E-state index is 4.47. The number of anilines is 2. The predicted molar refractivity (Wildman–Crippen MR) is 82.9 cm³/mol. The predicted octanol–water partition coefficient (Wildman–Crippen LogP) is 1.80. The van der Waals surface area contributed by atoms with Crippen LogP contribution in [0.25, 0.3) is 5.95 Å². The Morgan fingerprint density at radius 3 is 2.90 bits per heavy atom. The summed E-state index contributed by atoms with van der Waals surface area (Å²) in [6.07, 6.45) is 3.50. The molecule has 8 heteroatoms. The topological polar surface area (TPSA) is 71.8 Å². The first-order chi connectivity index (χ1) is 10.3. The summed E-state index contributed by atoms with van der Waals surface area (Å²) < 4.78 is 1.62. The zero-order valence-electron chi connectivity index (χ0n) is 11.8. The lowest BCUT2D eigenvalue weighted by Gasteiger charge is -2.17. The molecule has 1 N–H and O–H groups in total. The second-order valence-corrected chi connectivity index (χ2v) is 5.23. The van der Waals surface area contributed by atoms with Crippen LogP contribution < -0.4 is 10.2 Å². The van der Waals surface area contributed by atoms with E-state index >= 15 is 0 Å². The largest absolute Gasteiger partial charge is 0.357 e. The summed E-state index contributed by atoms with van der Waals surface area (Å²) in [4.78, 5) is 15.2. The van der Waals surface area contributed by atoms with Crippen LogP contribution in [-0.2, 0) is 6.54 Å². The van der Waals surface area contributed by atoms with E-state index in [4.69, 9.17) is 0 Å². The van der Waals surface area contributed by atoms with Crippen LogP contribution in [0.4, 0.5) is 11.9 Å². The first-order valence-electron chi connectivity index (χ1n) is 6.42. The smallest absolute Gasteiger partial charge is 0.257 e. The Morgan fingerprint density at radius 1 is 1.33 bits per heavy atom. The standard InChI is InChI=1S/C13H15N7S/c1-14-11-16-12(19(2)8-10-4-7-21-9-10)18-13(17-11)20-6-3-5-15-20/h3-7,9H,8H2,1-2H3,(H,14,16,17,18). The normalized spacial score (nSPS) is 10.6. The average Bonchev–Trinajstić information content (AvgIpc) is 3.20. The van der Waals surface area contributed by atoms with E-state index in [1.165, 1.54) is 5.56 Å². The van der Waals surface area contributed by atoms with Gasteiger partial charge in [0.2, 0.25) is 11.9 Å². The van der Waals surface area contributed by atoms with E-state index in [9.17, 15) is 0 Å². The van der Waals surface area contributed by atoms with Crippen molar-refractivity contribution in [2.24, 2.45) is 0 Å². The Bertz CT molecular complexity index is 693. The molecule has 0 fully saturated rings. The van der Waals surface area contributed by atoms with Crippen molar-refractivity contribution < 1.29 is 0 Å². The Morgan fingerprint density at radius 2 is 2.24 bits per heavy atom. The Labute approximate surface area is 126 Å². The highest BCUT2D eigenvalue weighted by Gasteiger charge is 2.11. The maximum Gasteiger partial charge on any atom is 0.257 e. The summed E-state index contributed by atoms with van der Waals surface area (Å²) in [5, 5.41) is 11.3. The lowest BCUT2D eigenvalue weighted by molar-refractivity contribution is 0.776. The molecule has 21 heavy (non-hydrogen) atoms. The highest BCUT2D eigenvalue weighted by atomic mass is 32.1. The molecule has 0 aliphatic rings. The van der Waals surface area contributed by atoms with Gasteiger partial charge in [0.1, 0.15) is 0 Å². The van der Waals surface area contributed by atoms with E-state index in [2.05, 4.69) is 42.2 Å². The van der Waals surface area contributed by atoms with Gasteiger partial charge in [-0.25, -0.2) is 4.68 Å². The van der Waals surface area contributed by atoms with Gasteiger partial charge in [0.05, 0.1) is 0 Å². The van der Waals surface area contributed by atoms with Crippen LogP contribution in [0.15, 0.2) is 35.3 Å². The van der Waals surface area contributed by atoms with Gasteiger partial charge in [-0.2, -0.15) is 31.4 Å². The molecule has 0 amide bonds. The molecule has 0 atom stereocenters. The molecule has 3 aromatic heterocycles. The van der Waals surface area contributed by atoms with E-state index in [-0.39, 0.29) is 0 Å². The van der Waals surface area contributed by atoms with Crippen LogP contribution in [0.2, 0.25) is 0 Å². The van der Waals surface area contributed by atoms with Crippen LogP contribution in [0.5, 0.6) is 0 Å². The molecule has 0 aliphatic carbocycles. The minimum atomic E-state index is 0.492. The quantitative estimate of drug-likeness (QED) is 0.775. The van der Waals surface area contributed by atoms with Crippen LogP contribution in [0.3, 0.4) is 0 Å². The number of nitrogens with zero attached hydrogens (tertiary/aromatic N) is 6. The molecule has 0 aliphatic heterocycles. The van der Waals surface area contributed by atoms with Gasteiger partial charge >= 0.3 is 0 Å². The summed E-state index contributed by atoms with van der Waals surface area (Å²) in [6, 6.07) is 3.92. The molecule has 0 saturated heterocycles. The van der Waals surface area contributed by atoms with Crippen LogP contribution in [0, 0.1) is 0 Å². The summed E-state index contributed by atoms with van der Waals surface area (Å²) in [5.41, 5.74) is 1.23. The van der Waals surface area contributed by atoms with Crippen molar-refractivity contribution in [3.8, 4) is 5.95 Å². The molecule has 0 radical (unpaired) electrons. The van der Waals surface area contributed by atoms with Crippen molar-refractivity contribution >= 4 is 23.2 Å². The highest BCUT2D eigenvalue weighted by molar-refractivity contribution is 7.07. The van der Waals surface area contributed by atoms with E-state index in [0.29, 0.717) is 17.8 Å². The maximum atomic E-state index is 4.47. The van der Waals surface area contributed by atoms with Crippen molar-refractivity contribution in [3.63, 3.8) is 0 Å². The zero-order chi connectivity index (χ0) is 14.7. The summed E-state index contributed by atoms with van der Waals surface area (Å²) in [7, 11) is 3.74. The van der Waals surface area contributed by atoms with E-state index in [0.717, 1.165) is 6.54 Å². The van der Waals surface area contributed by atoms with E-state index in [1.807, 2.05) is 18.0 Å². The first kappa shape index (κ1) is 13.5. The highest BCUT2D eigenvalue weighted by Crippen LogP contribution is 2.15. The van der Waals surface area contributed by atoms with Crippen molar-refractivity contribution in [1.82, 2.24) is 24.7 Å². The van der Waals surface area contributed by atoms with Gasteiger partial charge in [0, 0.05) is 33.0 Å². The average molecular weight is 301 g/mol. The second kappa shape index (κ2) is 5.88. The second-order valence-electron chi connectivity index (χ2n) is 4.45. The zero-order valence-corrected chi connectivity index (χ0v) is 12.6. The van der Waals surface area contributed by atoms with Crippen molar-refractivity contribution in [2.75, 3.05) is 24.3 Å². The number of hydrogen-bond acceptors (Lipinski definition) is 7. The third kappa shape index (κ3) is 3.00. The third-order valence-electron chi connectivity index (χ3n) is 2.89. The SMILES string of the molecule is CNc1nc(N(C)Cc2ccsc2)nc(-n2cccn2)n1. The minimum absolute atomic E-state index is 0.492. The first-order valence-corrected chi connectivity index (χ1v) is 7.36. The molecule has 0 aromatic carbocycles. The molecule has 0 bridgehead atoms. The van der Waals surface area contributed by atoms with Gasteiger partial charge < -0.3 is 10.2 Å². The number of aromatic nitrogens is 5. The molecule has 3 aromatic rings. The van der Waals surface area contributed by atoms with Crippen molar-refractivity contribution in [3.05, 3.63) is 40.8 Å². The van der Waals surface area contributed by atoms with Crippen molar-refractivity contribution in [2.45, 2.75) is 6.54 Å². The lowest BCUT2D eigenvalue weighted by Crippen LogP contribution is -2.21. The number of rotatable bonds is 5. The molecule has 0 unspecified atom stereocenters. The van der Waals surface area contributed by atoms with E-state index in [1.54, 1.807) is 35.5 Å².